The lowest BCUT2D eigenvalue weighted by Crippen LogP contribution is -2.42. The average Bonchev–Trinajstić information content (AvgIpc) is 2.30. The maximum Gasteiger partial charge on any atom is 0.196 e. The summed E-state index contributed by atoms with van der Waals surface area (Å²) in [4.78, 5) is 1.64. The zero-order valence-electron chi connectivity index (χ0n) is 8.19. The van der Waals surface area contributed by atoms with Crippen molar-refractivity contribution in [1.29, 1.82) is 5.26 Å². The number of morpholine rings is 1. The smallest absolute Gasteiger partial charge is 0.196 e. The lowest BCUT2D eigenvalue weighted by atomic mass is 10.2. The van der Waals surface area contributed by atoms with Crippen molar-refractivity contribution in [2.75, 3.05) is 24.7 Å². The zero-order chi connectivity index (χ0) is 10.7. The highest BCUT2D eigenvalue weighted by molar-refractivity contribution is 5.50. The van der Waals surface area contributed by atoms with Gasteiger partial charge in [0, 0.05) is 12.2 Å². The van der Waals surface area contributed by atoms with Crippen LogP contribution < -0.4 is 4.90 Å². The van der Waals surface area contributed by atoms with Crippen LogP contribution in [0.5, 0.6) is 0 Å². The molecule has 1 saturated heterocycles. The molecule has 0 aliphatic carbocycles. The standard InChI is InChI=1S/C11H11FN2O/c12-11-8-15-6-5-14(11)10-3-1-9(7-13)2-4-10/h1-4,11H,5-6,8H2. The van der Waals surface area contributed by atoms with Crippen molar-refractivity contribution in [3.05, 3.63) is 29.8 Å². The van der Waals surface area contributed by atoms with Crippen molar-refractivity contribution in [1.82, 2.24) is 0 Å². The first-order valence-electron chi connectivity index (χ1n) is 4.80. The molecule has 2 rings (SSSR count). The molecule has 15 heavy (non-hydrogen) atoms. The maximum absolute atomic E-state index is 13.5. The number of hydrogen-bond donors (Lipinski definition) is 0. The van der Waals surface area contributed by atoms with Gasteiger partial charge in [-0.2, -0.15) is 5.26 Å². The molecule has 0 amide bonds. The van der Waals surface area contributed by atoms with E-state index in [9.17, 15) is 4.39 Å². The maximum atomic E-state index is 13.5. The number of ether oxygens (including phenoxy) is 1. The molecule has 0 aromatic heterocycles. The third-order valence-electron chi connectivity index (χ3n) is 2.40. The van der Waals surface area contributed by atoms with Crippen molar-refractivity contribution in [2.45, 2.75) is 6.30 Å². The summed E-state index contributed by atoms with van der Waals surface area (Å²) < 4.78 is 18.5. The molecule has 1 aromatic rings. The molecule has 1 unspecified atom stereocenters. The number of nitriles is 1. The predicted molar refractivity (Wildman–Crippen MR) is 54.2 cm³/mol. The molecule has 1 aromatic carbocycles. The summed E-state index contributed by atoms with van der Waals surface area (Å²) in [7, 11) is 0. The first-order valence-corrected chi connectivity index (χ1v) is 4.80. The minimum atomic E-state index is -1.09. The van der Waals surface area contributed by atoms with Crippen molar-refractivity contribution in [3.63, 3.8) is 0 Å². The second kappa shape index (κ2) is 4.28. The van der Waals surface area contributed by atoms with Gasteiger partial charge in [-0.25, -0.2) is 4.39 Å². The topological polar surface area (TPSA) is 36.3 Å². The van der Waals surface area contributed by atoms with Crippen LogP contribution in [0.15, 0.2) is 24.3 Å². The van der Waals surface area contributed by atoms with E-state index in [0.29, 0.717) is 18.7 Å². The summed E-state index contributed by atoms with van der Waals surface area (Å²) in [6.07, 6.45) is -1.09. The Morgan fingerprint density at radius 3 is 2.73 bits per heavy atom. The normalized spacial score (nSPS) is 21.1. The van der Waals surface area contributed by atoms with Crippen molar-refractivity contribution in [2.24, 2.45) is 0 Å². The number of halogens is 1. The molecule has 0 radical (unpaired) electrons. The molecule has 1 heterocycles. The molecular formula is C11H11FN2O. The first kappa shape index (κ1) is 9.94. The van der Waals surface area contributed by atoms with Crippen LogP contribution in [0.25, 0.3) is 0 Å². The van der Waals surface area contributed by atoms with Gasteiger partial charge in [-0.05, 0) is 24.3 Å². The van der Waals surface area contributed by atoms with Gasteiger partial charge in [-0.3, -0.25) is 0 Å². The van der Waals surface area contributed by atoms with Gasteiger partial charge in [0.05, 0.1) is 24.8 Å². The van der Waals surface area contributed by atoms with Crippen LogP contribution in [0, 0.1) is 11.3 Å². The molecule has 0 spiro atoms. The minimum Gasteiger partial charge on any atom is -0.375 e. The Labute approximate surface area is 87.7 Å². The van der Waals surface area contributed by atoms with Crippen LogP contribution in [0.4, 0.5) is 10.1 Å². The van der Waals surface area contributed by atoms with E-state index in [0.717, 1.165) is 5.69 Å². The number of anilines is 1. The number of benzene rings is 1. The summed E-state index contributed by atoms with van der Waals surface area (Å²) in [5.41, 5.74) is 1.38. The summed E-state index contributed by atoms with van der Waals surface area (Å²) in [5, 5.41) is 8.63. The molecular weight excluding hydrogens is 195 g/mol. The molecule has 1 atom stereocenters. The Balaban J connectivity index is 2.18. The number of nitrogens with zero attached hydrogens (tertiary/aromatic N) is 2. The molecule has 78 valence electrons. The highest BCUT2D eigenvalue weighted by Crippen LogP contribution is 2.20. The second-order valence-corrected chi connectivity index (χ2v) is 3.36. The second-order valence-electron chi connectivity index (χ2n) is 3.36. The van der Waals surface area contributed by atoms with Gasteiger partial charge in [0.15, 0.2) is 6.30 Å². The lowest BCUT2D eigenvalue weighted by molar-refractivity contribution is 0.0496. The van der Waals surface area contributed by atoms with Crippen LogP contribution in [-0.4, -0.2) is 26.1 Å². The van der Waals surface area contributed by atoms with Crippen LogP contribution in [0.2, 0.25) is 0 Å². The molecule has 0 saturated carbocycles. The SMILES string of the molecule is N#Cc1ccc(N2CCOCC2F)cc1. The monoisotopic (exact) mass is 206 g/mol. The summed E-state index contributed by atoms with van der Waals surface area (Å²) in [6.45, 7) is 1.20. The minimum absolute atomic E-state index is 0.111. The Morgan fingerprint density at radius 2 is 2.13 bits per heavy atom. The summed E-state index contributed by atoms with van der Waals surface area (Å²) in [5.74, 6) is 0. The van der Waals surface area contributed by atoms with Crippen LogP contribution in [0.1, 0.15) is 5.56 Å². The molecule has 1 aliphatic heterocycles. The fourth-order valence-corrected chi connectivity index (χ4v) is 1.59. The van der Waals surface area contributed by atoms with E-state index < -0.39 is 6.30 Å². The summed E-state index contributed by atoms with van der Waals surface area (Å²) >= 11 is 0. The Hall–Kier alpha value is -1.60. The van der Waals surface area contributed by atoms with Crippen LogP contribution >= 0.6 is 0 Å². The quantitative estimate of drug-likeness (QED) is 0.656. The number of rotatable bonds is 1. The fourth-order valence-electron chi connectivity index (χ4n) is 1.59. The van der Waals surface area contributed by atoms with Crippen molar-refractivity contribution < 1.29 is 9.13 Å². The number of hydrogen-bond acceptors (Lipinski definition) is 3. The first-order chi connectivity index (χ1) is 7.31. The van der Waals surface area contributed by atoms with Crippen molar-refractivity contribution in [3.8, 4) is 6.07 Å². The van der Waals surface area contributed by atoms with Crippen LogP contribution in [-0.2, 0) is 4.74 Å². The lowest BCUT2D eigenvalue weighted by Gasteiger charge is -2.32. The molecule has 0 N–H and O–H groups in total. The Kier molecular flexibility index (Phi) is 2.84. The van der Waals surface area contributed by atoms with Crippen LogP contribution in [0.3, 0.4) is 0 Å². The van der Waals surface area contributed by atoms with E-state index in [1.807, 2.05) is 6.07 Å². The highest BCUT2D eigenvalue weighted by Gasteiger charge is 2.22. The molecule has 1 fully saturated rings. The van der Waals surface area contributed by atoms with E-state index >= 15 is 0 Å². The Bertz CT molecular complexity index is 371. The zero-order valence-corrected chi connectivity index (χ0v) is 8.19. The van der Waals surface area contributed by atoms with Gasteiger partial charge in [-0.15, -0.1) is 0 Å². The molecule has 0 bridgehead atoms. The van der Waals surface area contributed by atoms with Gasteiger partial charge in [0.2, 0.25) is 0 Å². The van der Waals surface area contributed by atoms with E-state index in [2.05, 4.69) is 0 Å². The summed E-state index contributed by atoms with van der Waals surface area (Å²) in [6, 6.07) is 8.94. The van der Waals surface area contributed by atoms with E-state index in [-0.39, 0.29) is 6.61 Å². The van der Waals surface area contributed by atoms with Gasteiger partial charge >= 0.3 is 0 Å². The average molecular weight is 206 g/mol. The fraction of sp³-hybridized carbons (Fsp3) is 0.364. The van der Waals surface area contributed by atoms with E-state index in [1.54, 1.807) is 29.2 Å². The third kappa shape index (κ3) is 2.08. The van der Waals surface area contributed by atoms with Gasteiger partial charge in [0.1, 0.15) is 0 Å². The highest BCUT2D eigenvalue weighted by atomic mass is 19.1. The molecule has 4 heteroatoms. The molecule has 1 aliphatic rings. The third-order valence-corrected chi connectivity index (χ3v) is 2.40. The van der Waals surface area contributed by atoms with E-state index in [1.165, 1.54) is 0 Å². The Morgan fingerprint density at radius 1 is 1.40 bits per heavy atom. The van der Waals surface area contributed by atoms with Crippen molar-refractivity contribution >= 4 is 5.69 Å². The largest absolute Gasteiger partial charge is 0.375 e. The predicted octanol–water partition coefficient (Wildman–Crippen LogP) is 1.69. The van der Waals surface area contributed by atoms with Gasteiger partial charge in [-0.1, -0.05) is 0 Å². The number of alkyl halides is 1. The van der Waals surface area contributed by atoms with Gasteiger partial charge in [0.25, 0.3) is 0 Å². The molecule has 3 nitrogen and oxygen atoms in total. The van der Waals surface area contributed by atoms with Gasteiger partial charge < -0.3 is 9.64 Å². The van der Waals surface area contributed by atoms with E-state index in [4.69, 9.17) is 10.00 Å².